The average molecular weight is 431 g/mol. The van der Waals surface area contributed by atoms with E-state index in [0.29, 0.717) is 5.39 Å². The minimum Gasteiger partial charge on any atom is -0.286 e. The van der Waals surface area contributed by atoms with Crippen LogP contribution in [-0.2, 0) is 14.8 Å². The van der Waals surface area contributed by atoms with Crippen molar-refractivity contribution in [2.75, 3.05) is 0 Å². The lowest BCUT2D eigenvalue weighted by atomic mass is 9.88. The highest BCUT2D eigenvalue weighted by Gasteiger charge is 2.34. The summed E-state index contributed by atoms with van der Waals surface area (Å²) in [5, 5.41) is 1.49. The minimum absolute atomic E-state index is 0.192. The van der Waals surface area contributed by atoms with Crippen molar-refractivity contribution in [3.63, 3.8) is 0 Å². The van der Waals surface area contributed by atoms with Gasteiger partial charge in [0.05, 0.1) is 10.9 Å². The lowest BCUT2D eigenvalue weighted by Crippen LogP contribution is -2.47. The van der Waals surface area contributed by atoms with Gasteiger partial charge in [-0.1, -0.05) is 57.2 Å². The average Bonchev–Trinajstić information content (AvgIpc) is 2.42. The maximum Gasteiger partial charge on any atom is 0.241 e. The Morgan fingerprint density at radius 3 is 2.27 bits per heavy atom. The molecule has 2 aromatic carbocycles. The van der Waals surface area contributed by atoms with E-state index in [0.717, 1.165) is 5.39 Å². The fraction of sp³-hybridized carbons (Fsp3) is 0.312. The maximum absolute atomic E-state index is 12.7. The Hall–Kier alpha value is -0.990. The van der Waals surface area contributed by atoms with E-state index in [1.165, 1.54) is 0 Å². The van der Waals surface area contributed by atoms with Crippen molar-refractivity contribution in [3.8, 4) is 0 Å². The van der Waals surface area contributed by atoms with Gasteiger partial charge in [0.15, 0.2) is 0 Å². The first-order valence-corrected chi connectivity index (χ1v) is 9.38. The fourth-order valence-electron chi connectivity index (χ4n) is 2.21. The second-order valence-electron chi connectivity index (χ2n) is 6.20. The molecule has 1 N–H and O–H groups in total. The number of carbonyl (C=O) groups excluding carboxylic acids is 1. The van der Waals surface area contributed by atoms with Crippen molar-refractivity contribution >= 4 is 47.2 Å². The van der Waals surface area contributed by atoms with Gasteiger partial charge in [0, 0.05) is 28.0 Å². The SMILES string of the molecule is CC(C)(C)C(NS(=O)(=O)c1cccc2ccccc12)C(=O)I. The molecule has 0 fully saturated rings. The van der Waals surface area contributed by atoms with Gasteiger partial charge in [-0.3, -0.25) is 4.79 Å². The van der Waals surface area contributed by atoms with E-state index in [4.69, 9.17) is 0 Å². The Bertz CT molecular complexity index is 804. The number of fused-ring (bicyclic) bond motifs is 1. The summed E-state index contributed by atoms with van der Waals surface area (Å²) in [6, 6.07) is 11.6. The highest BCUT2D eigenvalue weighted by molar-refractivity contribution is 14.1. The zero-order valence-corrected chi connectivity index (χ0v) is 15.6. The van der Waals surface area contributed by atoms with E-state index in [1.807, 2.05) is 39.0 Å². The van der Waals surface area contributed by atoms with Crippen LogP contribution in [0.3, 0.4) is 0 Å². The smallest absolute Gasteiger partial charge is 0.241 e. The molecule has 0 bridgehead atoms. The second kappa shape index (κ2) is 6.25. The standard InChI is InChI=1S/C16H18INO3S/c1-16(2,3)14(15(17)19)18-22(20,21)13-10-6-8-11-7-4-5-9-12(11)13/h4-10,14,18H,1-3H3. The number of hydrogen-bond donors (Lipinski definition) is 1. The van der Waals surface area contributed by atoms with Crippen LogP contribution >= 0.6 is 22.6 Å². The van der Waals surface area contributed by atoms with Gasteiger partial charge in [-0.15, -0.1) is 0 Å². The predicted molar refractivity (Wildman–Crippen MR) is 96.5 cm³/mol. The Morgan fingerprint density at radius 1 is 1.09 bits per heavy atom. The van der Waals surface area contributed by atoms with Crippen LogP contribution in [0, 0.1) is 5.41 Å². The first kappa shape index (κ1) is 17.4. The van der Waals surface area contributed by atoms with Gasteiger partial charge in [0.1, 0.15) is 0 Å². The Morgan fingerprint density at radius 2 is 1.68 bits per heavy atom. The van der Waals surface area contributed by atoms with Crippen LogP contribution in [0.25, 0.3) is 10.8 Å². The first-order chi connectivity index (χ1) is 10.1. The number of nitrogens with one attached hydrogen (secondary N) is 1. The molecule has 4 nitrogen and oxygen atoms in total. The summed E-state index contributed by atoms with van der Waals surface area (Å²) < 4.78 is 27.8. The number of carbonyl (C=O) groups is 1. The molecule has 0 aliphatic heterocycles. The summed E-state index contributed by atoms with van der Waals surface area (Å²) >= 11 is 1.64. The van der Waals surface area contributed by atoms with Gasteiger partial charge in [-0.05, 0) is 16.9 Å². The molecular weight excluding hydrogens is 413 g/mol. The zero-order chi connectivity index (χ0) is 16.5. The Labute approximate surface area is 144 Å². The van der Waals surface area contributed by atoms with Crippen LogP contribution in [0.15, 0.2) is 47.4 Å². The molecule has 0 radical (unpaired) electrons. The molecule has 0 saturated carbocycles. The Kier molecular flexibility index (Phi) is 4.93. The van der Waals surface area contributed by atoms with E-state index in [9.17, 15) is 13.2 Å². The number of sulfonamides is 1. The molecule has 1 atom stereocenters. The summed E-state index contributed by atoms with van der Waals surface area (Å²) in [7, 11) is -3.79. The number of benzene rings is 2. The van der Waals surface area contributed by atoms with Crippen molar-refractivity contribution < 1.29 is 13.2 Å². The third-order valence-electron chi connectivity index (χ3n) is 3.41. The van der Waals surface area contributed by atoms with Crippen molar-refractivity contribution in [1.82, 2.24) is 4.72 Å². The normalized spacial score (nSPS) is 14.0. The zero-order valence-electron chi connectivity index (χ0n) is 12.6. The van der Waals surface area contributed by atoms with Crippen LogP contribution in [-0.4, -0.2) is 18.2 Å². The third kappa shape index (κ3) is 3.67. The molecule has 2 rings (SSSR count). The Balaban J connectivity index is 2.52. The van der Waals surface area contributed by atoms with Crippen molar-refractivity contribution in [3.05, 3.63) is 42.5 Å². The second-order valence-corrected chi connectivity index (χ2v) is 8.95. The minimum atomic E-state index is -3.79. The molecule has 0 heterocycles. The van der Waals surface area contributed by atoms with Gasteiger partial charge in [0.2, 0.25) is 13.8 Å². The molecular formula is C16H18INO3S. The quantitative estimate of drug-likeness (QED) is 0.596. The van der Waals surface area contributed by atoms with Crippen LogP contribution in [0.1, 0.15) is 20.8 Å². The largest absolute Gasteiger partial charge is 0.286 e. The molecule has 1 unspecified atom stereocenters. The molecule has 0 aromatic heterocycles. The topological polar surface area (TPSA) is 63.2 Å². The van der Waals surface area contributed by atoms with Crippen LogP contribution in [0.4, 0.5) is 0 Å². The fourth-order valence-corrected chi connectivity index (χ4v) is 5.14. The summed E-state index contributed by atoms with van der Waals surface area (Å²) in [6.45, 7) is 5.50. The van der Waals surface area contributed by atoms with Crippen LogP contribution in [0.5, 0.6) is 0 Å². The summed E-state index contributed by atoms with van der Waals surface area (Å²) in [6.07, 6.45) is 0. The van der Waals surface area contributed by atoms with E-state index < -0.39 is 21.5 Å². The molecule has 0 saturated heterocycles. The van der Waals surface area contributed by atoms with E-state index in [2.05, 4.69) is 4.72 Å². The number of halogens is 1. The van der Waals surface area contributed by atoms with Gasteiger partial charge in [-0.25, -0.2) is 8.42 Å². The molecule has 118 valence electrons. The molecule has 0 amide bonds. The lowest BCUT2D eigenvalue weighted by molar-refractivity contribution is -0.112. The molecule has 6 heteroatoms. The van der Waals surface area contributed by atoms with Crippen LogP contribution in [0.2, 0.25) is 0 Å². The summed E-state index contributed by atoms with van der Waals surface area (Å²) in [4.78, 5) is 12.0. The van der Waals surface area contributed by atoms with Crippen molar-refractivity contribution in [1.29, 1.82) is 0 Å². The third-order valence-corrected chi connectivity index (χ3v) is 5.51. The molecule has 0 spiro atoms. The molecule has 0 aliphatic rings. The molecule has 2 aromatic rings. The predicted octanol–water partition coefficient (Wildman–Crippen LogP) is 3.49. The van der Waals surface area contributed by atoms with Gasteiger partial charge >= 0.3 is 0 Å². The monoisotopic (exact) mass is 431 g/mol. The number of rotatable bonds is 4. The van der Waals surface area contributed by atoms with Gasteiger partial charge < -0.3 is 0 Å². The summed E-state index contributed by atoms with van der Waals surface area (Å²) in [5.74, 6) is 0. The first-order valence-electron chi connectivity index (χ1n) is 6.82. The van der Waals surface area contributed by atoms with Crippen LogP contribution < -0.4 is 4.72 Å². The summed E-state index contributed by atoms with van der Waals surface area (Å²) in [5.41, 5.74) is -0.504. The van der Waals surface area contributed by atoms with E-state index >= 15 is 0 Å². The highest BCUT2D eigenvalue weighted by Crippen LogP contribution is 2.27. The lowest BCUT2D eigenvalue weighted by Gasteiger charge is -2.28. The van der Waals surface area contributed by atoms with Crippen molar-refractivity contribution in [2.24, 2.45) is 5.41 Å². The molecule has 0 aliphatic carbocycles. The van der Waals surface area contributed by atoms with Gasteiger partial charge in [0.25, 0.3) is 0 Å². The number of hydrogen-bond acceptors (Lipinski definition) is 3. The highest BCUT2D eigenvalue weighted by atomic mass is 127. The van der Waals surface area contributed by atoms with Crippen molar-refractivity contribution in [2.45, 2.75) is 31.7 Å². The molecule has 22 heavy (non-hydrogen) atoms. The maximum atomic E-state index is 12.7. The van der Waals surface area contributed by atoms with E-state index in [1.54, 1.807) is 46.9 Å². The van der Waals surface area contributed by atoms with Gasteiger partial charge in [-0.2, -0.15) is 4.72 Å². The van der Waals surface area contributed by atoms with E-state index in [-0.39, 0.29) is 8.69 Å².